The predicted octanol–water partition coefficient (Wildman–Crippen LogP) is 4.07. The molecule has 0 spiro atoms. The smallest absolute Gasteiger partial charge is 0.349 e. The van der Waals surface area contributed by atoms with Crippen LogP contribution in [0.5, 0.6) is 0 Å². The van der Waals surface area contributed by atoms with E-state index >= 15 is 0 Å². The number of hydrogen-bond acceptors (Lipinski definition) is 5. The summed E-state index contributed by atoms with van der Waals surface area (Å²) in [6.07, 6.45) is 3.75. The van der Waals surface area contributed by atoms with Crippen LogP contribution in [0.1, 0.15) is 34.5 Å². The number of anilines is 1. The number of aromatic nitrogens is 1. The molecular weight excluding hydrogens is 344 g/mol. The van der Waals surface area contributed by atoms with Crippen LogP contribution in [-0.2, 0) is 12.8 Å². The predicted molar refractivity (Wildman–Crippen MR) is 101 cm³/mol. The molecule has 27 heavy (non-hydrogen) atoms. The lowest BCUT2D eigenvalue weighted by molar-refractivity contribution is 0.102. The zero-order valence-corrected chi connectivity index (χ0v) is 14.5. The number of hydrogen-bond donors (Lipinski definition) is 1. The van der Waals surface area contributed by atoms with Crippen LogP contribution < -0.4 is 10.9 Å². The van der Waals surface area contributed by atoms with E-state index in [0.717, 1.165) is 53.1 Å². The fourth-order valence-corrected chi connectivity index (χ4v) is 3.69. The third kappa shape index (κ3) is 2.61. The molecule has 1 amide bonds. The van der Waals surface area contributed by atoms with E-state index in [1.165, 1.54) is 0 Å². The Kier molecular flexibility index (Phi) is 3.57. The van der Waals surface area contributed by atoms with E-state index < -0.39 is 11.5 Å². The molecule has 0 bridgehead atoms. The first-order chi connectivity index (χ1) is 13.2. The molecule has 2 aromatic heterocycles. The molecule has 0 saturated carbocycles. The largest absolute Gasteiger partial charge is 0.422 e. The van der Waals surface area contributed by atoms with E-state index in [0.29, 0.717) is 11.5 Å². The number of benzene rings is 2. The Balaban J connectivity index is 1.58. The second-order valence-electron chi connectivity index (χ2n) is 6.74. The highest BCUT2D eigenvalue weighted by molar-refractivity contribution is 6.10. The number of carbonyl (C=O) groups is 1. The number of nitrogens with zero attached hydrogens (tertiary/aromatic N) is 1. The Bertz CT molecular complexity index is 1250. The van der Waals surface area contributed by atoms with Gasteiger partial charge in [0.2, 0.25) is 5.88 Å². The summed E-state index contributed by atoms with van der Waals surface area (Å²) in [6, 6.07) is 13.0. The van der Waals surface area contributed by atoms with Gasteiger partial charge in [-0.2, -0.15) is 0 Å². The Morgan fingerprint density at radius 2 is 1.89 bits per heavy atom. The molecule has 134 valence electrons. The molecule has 0 fully saturated rings. The highest BCUT2D eigenvalue weighted by atomic mass is 16.5. The maximum Gasteiger partial charge on any atom is 0.349 e. The van der Waals surface area contributed by atoms with Gasteiger partial charge in [0.1, 0.15) is 11.1 Å². The highest BCUT2D eigenvalue weighted by Gasteiger charge is 2.23. The van der Waals surface area contributed by atoms with Gasteiger partial charge in [0, 0.05) is 10.9 Å². The van der Waals surface area contributed by atoms with Gasteiger partial charge >= 0.3 is 5.63 Å². The van der Waals surface area contributed by atoms with Crippen LogP contribution in [0.3, 0.4) is 0 Å². The number of aryl methyl sites for hydroxylation is 1. The average Bonchev–Trinajstić information content (AvgIpc) is 3.10. The van der Waals surface area contributed by atoms with Crippen molar-refractivity contribution in [3.63, 3.8) is 0 Å². The first kappa shape index (κ1) is 15.8. The van der Waals surface area contributed by atoms with Crippen molar-refractivity contribution in [1.29, 1.82) is 0 Å². The maximum absolute atomic E-state index is 12.7. The summed E-state index contributed by atoms with van der Waals surface area (Å²) in [5, 5.41) is 9.37. The van der Waals surface area contributed by atoms with Crippen molar-refractivity contribution in [1.82, 2.24) is 5.16 Å². The number of amides is 1. The molecular formula is C21H16N2O4. The molecule has 5 rings (SSSR count). The Labute approximate surface area is 153 Å². The molecule has 4 aromatic rings. The molecule has 1 aliphatic carbocycles. The molecule has 0 atom stereocenters. The fourth-order valence-electron chi connectivity index (χ4n) is 3.69. The highest BCUT2D eigenvalue weighted by Crippen LogP contribution is 2.28. The van der Waals surface area contributed by atoms with E-state index in [1.54, 1.807) is 12.1 Å². The van der Waals surface area contributed by atoms with Crippen LogP contribution >= 0.6 is 0 Å². The molecule has 6 heteroatoms. The number of carbonyl (C=O) groups excluding carboxylic acids is 1. The molecule has 6 nitrogen and oxygen atoms in total. The molecule has 2 aromatic carbocycles. The minimum Gasteiger partial charge on any atom is -0.422 e. The van der Waals surface area contributed by atoms with Crippen molar-refractivity contribution in [2.24, 2.45) is 0 Å². The summed E-state index contributed by atoms with van der Waals surface area (Å²) in [4.78, 5) is 25.1. The molecule has 0 radical (unpaired) electrons. The third-order valence-corrected chi connectivity index (χ3v) is 5.07. The van der Waals surface area contributed by atoms with Crippen LogP contribution in [0, 0.1) is 0 Å². The van der Waals surface area contributed by atoms with Crippen molar-refractivity contribution in [3.8, 4) is 0 Å². The normalized spacial score (nSPS) is 13.6. The zero-order chi connectivity index (χ0) is 18.4. The van der Waals surface area contributed by atoms with Gasteiger partial charge in [-0.25, -0.2) is 4.79 Å². The van der Waals surface area contributed by atoms with Crippen LogP contribution in [0.4, 0.5) is 5.88 Å². The minimum absolute atomic E-state index is 0.0557. The van der Waals surface area contributed by atoms with Gasteiger partial charge in [-0.3, -0.25) is 10.1 Å². The summed E-state index contributed by atoms with van der Waals surface area (Å²) in [5.41, 5.74) is 1.52. The van der Waals surface area contributed by atoms with Crippen molar-refractivity contribution in [3.05, 3.63) is 69.7 Å². The minimum atomic E-state index is -0.677. The Hall–Kier alpha value is -3.41. The molecule has 2 heterocycles. The van der Waals surface area contributed by atoms with E-state index in [1.807, 2.05) is 30.3 Å². The second-order valence-corrected chi connectivity index (χ2v) is 6.74. The van der Waals surface area contributed by atoms with Gasteiger partial charge in [-0.15, -0.1) is 0 Å². The maximum atomic E-state index is 12.7. The van der Waals surface area contributed by atoms with Gasteiger partial charge in [0.05, 0.1) is 5.69 Å². The van der Waals surface area contributed by atoms with Gasteiger partial charge in [-0.05, 0) is 48.6 Å². The summed E-state index contributed by atoms with van der Waals surface area (Å²) in [7, 11) is 0. The topological polar surface area (TPSA) is 85.3 Å². The van der Waals surface area contributed by atoms with Crippen molar-refractivity contribution < 1.29 is 13.7 Å². The average molecular weight is 360 g/mol. The van der Waals surface area contributed by atoms with Gasteiger partial charge in [-0.1, -0.05) is 35.5 Å². The molecule has 0 unspecified atom stereocenters. The first-order valence-electron chi connectivity index (χ1n) is 8.95. The number of nitrogens with one attached hydrogen (secondary N) is 1. The molecule has 0 aliphatic heterocycles. The summed E-state index contributed by atoms with van der Waals surface area (Å²) >= 11 is 0. The van der Waals surface area contributed by atoms with Crippen molar-refractivity contribution >= 4 is 33.5 Å². The van der Waals surface area contributed by atoms with Gasteiger partial charge in [0.25, 0.3) is 5.91 Å². The van der Waals surface area contributed by atoms with Crippen molar-refractivity contribution in [2.75, 3.05) is 5.32 Å². The summed E-state index contributed by atoms with van der Waals surface area (Å²) < 4.78 is 10.7. The molecule has 1 aliphatic rings. The Morgan fingerprint density at radius 1 is 1.04 bits per heavy atom. The fraction of sp³-hybridized carbons (Fsp3) is 0.190. The summed E-state index contributed by atoms with van der Waals surface area (Å²) in [6.45, 7) is 0. The van der Waals surface area contributed by atoms with Crippen LogP contribution in [-0.4, -0.2) is 11.1 Å². The zero-order valence-electron chi connectivity index (χ0n) is 14.5. The second kappa shape index (κ2) is 6.09. The monoisotopic (exact) mass is 360 g/mol. The van der Waals surface area contributed by atoms with E-state index in [4.69, 9.17) is 8.94 Å². The SMILES string of the molecule is O=C(Nc1onc2c1CCCC2)c1cc2c(ccc3ccccc32)oc1=O. The Morgan fingerprint density at radius 3 is 2.81 bits per heavy atom. The van der Waals surface area contributed by atoms with Crippen molar-refractivity contribution in [2.45, 2.75) is 25.7 Å². The van der Waals surface area contributed by atoms with Gasteiger partial charge < -0.3 is 8.94 Å². The van der Waals surface area contributed by atoms with Crippen LogP contribution in [0.2, 0.25) is 0 Å². The lowest BCUT2D eigenvalue weighted by Crippen LogP contribution is -2.21. The van der Waals surface area contributed by atoms with Crippen LogP contribution in [0.25, 0.3) is 21.7 Å². The lowest BCUT2D eigenvalue weighted by atomic mass is 9.97. The molecule has 1 N–H and O–H groups in total. The van der Waals surface area contributed by atoms with E-state index in [9.17, 15) is 9.59 Å². The van der Waals surface area contributed by atoms with Crippen LogP contribution in [0.15, 0.2) is 56.2 Å². The van der Waals surface area contributed by atoms with Gasteiger partial charge in [0.15, 0.2) is 0 Å². The third-order valence-electron chi connectivity index (χ3n) is 5.07. The quantitative estimate of drug-likeness (QED) is 0.430. The van der Waals surface area contributed by atoms with E-state index in [-0.39, 0.29) is 5.56 Å². The standard InChI is InChI=1S/C21H16N2O4/c24-19(22-20-14-7-3-4-8-17(14)23-27-20)16-11-15-13-6-2-1-5-12(13)9-10-18(15)26-21(16)25/h1-2,5-6,9-11H,3-4,7-8H2,(H,22,24). The van der Waals surface area contributed by atoms with E-state index in [2.05, 4.69) is 10.5 Å². The first-order valence-corrected chi connectivity index (χ1v) is 8.95. The number of rotatable bonds is 2. The summed E-state index contributed by atoms with van der Waals surface area (Å²) in [5.74, 6) is -0.227. The lowest BCUT2D eigenvalue weighted by Gasteiger charge is -2.09. The molecule has 0 saturated heterocycles. The number of fused-ring (bicyclic) bond motifs is 4.